The fourth-order valence-electron chi connectivity index (χ4n) is 4.63. The van der Waals surface area contributed by atoms with Gasteiger partial charge in [-0.2, -0.15) is 10.2 Å². The van der Waals surface area contributed by atoms with Crippen LogP contribution in [-0.4, -0.2) is 30.3 Å². The van der Waals surface area contributed by atoms with Gasteiger partial charge in [-0.1, -0.05) is 38.5 Å². The number of nitriles is 1. The molecule has 0 aromatic carbocycles. The molecule has 0 radical (unpaired) electrons. The average Bonchev–Trinajstić information content (AvgIpc) is 2.75. The molecule has 8 nitrogen and oxygen atoms in total. The van der Waals surface area contributed by atoms with Crippen molar-refractivity contribution in [3.05, 3.63) is 16.0 Å². The van der Waals surface area contributed by atoms with E-state index in [2.05, 4.69) is 9.88 Å². The fourth-order valence-corrected chi connectivity index (χ4v) is 6.25. The van der Waals surface area contributed by atoms with Gasteiger partial charge in [-0.05, 0) is 39.5 Å². The Morgan fingerprint density at radius 1 is 1.03 bits per heavy atom. The van der Waals surface area contributed by atoms with Crippen molar-refractivity contribution in [3.63, 3.8) is 0 Å². The maximum absolute atomic E-state index is 13.4. The molecule has 9 heteroatoms. The summed E-state index contributed by atoms with van der Waals surface area (Å²) in [6.07, 6.45) is 10.9. The number of anilines is 1. The van der Waals surface area contributed by atoms with Gasteiger partial charge in [0, 0.05) is 12.1 Å². The number of nitrogens with zero attached hydrogens (tertiary/aromatic N) is 3. The molecule has 0 aliphatic heterocycles. The predicted octanol–water partition coefficient (Wildman–Crippen LogP) is 4.27. The van der Waals surface area contributed by atoms with Crippen LogP contribution >= 0.6 is 7.60 Å². The lowest BCUT2D eigenvalue weighted by Gasteiger charge is -2.41. The first-order chi connectivity index (χ1) is 14.5. The van der Waals surface area contributed by atoms with Gasteiger partial charge in [-0.15, -0.1) is 0 Å². The van der Waals surface area contributed by atoms with Gasteiger partial charge in [0.05, 0.1) is 13.2 Å². The SMILES string of the molecule is CCOP(=O)(OCC)c1nc(N(C2CCCCC2)C2CCCCC2)oc(=O)c1C#N. The van der Waals surface area contributed by atoms with E-state index in [1.807, 2.05) is 0 Å². The van der Waals surface area contributed by atoms with Gasteiger partial charge >= 0.3 is 19.2 Å². The Labute approximate surface area is 178 Å². The highest BCUT2D eigenvalue weighted by Gasteiger charge is 2.38. The average molecular weight is 437 g/mol. The Morgan fingerprint density at radius 2 is 1.53 bits per heavy atom. The molecular formula is C21H32N3O5P. The first-order valence-electron chi connectivity index (χ1n) is 11.2. The number of rotatable bonds is 8. The van der Waals surface area contributed by atoms with E-state index in [1.165, 1.54) is 12.8 Å². The Balaban J connectivity index is 2.11. The van der Waals surface area contributed by atoms with Gasteiger partial charge < -0.3 is 18.4 Å². The van der Waals surface area contributed by atoms with Gasteiger partial charge in [-0.3, -0.25) is 4.57 Å². The van der Waals surface area contributed by atoms with E-state index >= 15 is 0 Å². The molecule has 1 heterocycles. The molecule has 1 aromatic heterocycles. The predicted molar refractivity (Wildman–Crippen MR) is 114 cm³/mol. The first-order valence-corrected chi connectivity index (χ1v) is 12.7. The summed E-state index contributed by atoms with van der Waals surface area (Å²) in [6, 6.07) is 2.38. The van der Waals surface area contributed by atoms with Crippen molar-refractivity contribution in [1.29, 1.82) is 5.26 Å². The fraction of sp³-hybridized carbons (Fsp3) is 0.762. The summed E-state index contributed by atoms with van der Waals surface area (Å²) in [5, 5.41) is 9.53. The molecule has 0 N–H and O–H groups in total. The van der Waals surface area contributed by atoms with Crippen molar-refractivity contribution in [2.45, 2.75) is 90.1 Å². The van der Waals surface area contributed by atoms with Gasteiger partial charge in [0.1, 0.15) is 6.07 Å². The van der Waals surface area contributed by atoms with Gasteiger partial charge in [0.2, 0.25) is 0 Å². The third-order valence-corrected chi connectivity index (χ3v) is 7.98. The molecule has 0 amide bonds. The Hall–Kier alpha value is -1.68. The van der Waals surface area contributed by atoms with E-state index in [9.17, 15) is 14.6 Å². The van der Waals surface area contributed by atoms with Crippen LogP contribution in [0.15, 0.2) is 9.21 Å². The van der Waals surface area contributed by atoms with E-state index < -0.39 is 18.8 Å². The molecule has 0 atom stereocenters. The lowest BCUT2D eigenvalue weighted by Crippen LogP contribution is -2.47. The summed E-state index contributed by atoms with van der Waals surface area (Å²) in [4.78, 5) is 19.3. The molecule has 30 heavy (non-hydrogen) atoms. The van der Waals surface area contributed by atoms with Gasteiger partial charge in [0.15, 0.2) is 11.0 Å². The zero-order valence-electron chi connectivity index (χ0n) is 18.0. The molecule has 1 aromatic rings. The molecule has 2 saturated carbocycles. The quantitative estimate of drug-likeness (QED) is 0.555. The van der Waals surface area contributed by atoms with Crippen LogP contribution in [0.25, 0.3) is 0 Å². The second-order valence-corrected chi connectivity index (χ2v) is 9.85. The molecule has 0 bridgehead atoms. The Kier molecular flexibility index (Phi) is 8.10. The number of hydrogen-bond donors (Lipinski definition) is 0. The lowest BCUT2D eigenvalue weighted by atomic mass is 9.89. The molecule has 0 spiro atoms. The van der Waals surface area contributed by atoms with Crippen molar-refractivity contribution >= 4 is 19.0 Å². The van der Waals surface area contributed by atoms with E-state index in [0.717, 1.165) is 51.4 Å². The van der Waals surface area contributed by atoms with Crippen molar-refractivity contribution < 1.29 is 18.0 Å². The number of aromatic nitrogens is 1. The summed E-state index contributed by atoms with van der Waals surface area (Å²) in [7, 11) is -3.92. The van der Waals surface area contributed by atoms with Crippen molar-refractivity contribution in [2.24, 2.45) is 0 Å². The summed E-state index contributed by atoms with van der Waals surface area (Å²) < 4.78 is 29.8. The van der Waals surface area contributed by atoms with Crippen LogP contribution < -0.4 is 16.0 Å². The molecular weight excluding hydrogens is 405 g/mol. The maximum atomic E-state index is 13.4. The van der Waals surface area contributed by atoms with E-state index in [1.54, 1.807) is 19.9 Å². The molecule has 166 valence electrons. The van der Waals surface area contributed by atoms with Crippen LogP contribution in [0.1, 0.15) is 83.6 Å². The highest BCUT2D eigenvalue weighted by molar-refractivity contribution is 7.62. The van der Waals surface area contributed by atoms with Crippen molar-refractivity contribution in [2.75, 3.05) is 18.1 Å². The Bertz CT molecular complexity index is 825. The van der Waals surface area contributed by atoms with E-state index in [4.69, 9.17) is 13.5 Å². The summed E-state index contributed by atoms with van der Waals surface area (Å²) in [5.74, 6) is 0. The van der Waals surface area contributed by atoms with Crippen molar-refractivity contribution in [3.8, 4) is 6.07 Å². The van der Waals surface area contributed by atoms with E-state index in [-0.39, 0.29) is 36.7 Å². The third-order valence-electron chi connectivity index (χ3n) is 5.94. The monoisotopic (exact) mass is 437 g/mol. The van der Waals surface area contributed by atoms with Gasteiger partial charge in [-0.25, -0.2) is 4.79 Å². The third kappa shape index (κ3) is 4.96. The zero-order valence-corrected chi connectivity index (χ0v) is 18.9. The zero-order chi connectivity index (χ0) is 21.6. The highest BCUT2D eigenvalue weighted by Crippen LogP contribution is 2.47. The largest absolute Gasteiger partial charge is 0.388 e. The van der Waals surface area contributed by atoms with Crippen molar-refractivity contribution in [1.82, 2.24) is 4.98 Å². The van der Waals surface area contributed by atoms with Crippen LogP contribution in [0.5, 0.6) is 0 Å². The minimum atomic E-state index is -3.92. The molecule has 2 aliphatic carbocycles. The minimum Gasteiger partial charge on any atom is -0.388 e. The second-order valence-electron chi connectivity index (χ2n) is 7.92. The standard InChI is InChI=1S/C21H32N3O5P/c1-3-27-30(26,28-4-2)19-18(15-22)20(25)29-21(23-19)24(16-11-7-5-8-12-16)17-13-9-6-10-14-17/h16-17H,3-14H2,1-2H3. The normalized spacial score (nSPS) is 18.8. The summed E-state index contributed by atoms with van der Waals surface area (Å²) >= 11 is 0. The molecule has 0 saturated heterocycles. The lowest BCUT2D eigenvalue weighted by molar-refractivity contribution is 0.228. The van der Waals surface area contributed by atoms with Crippen LogP contribution in [0.2, 0.25) is 0 Å². The first kappa shape index (κ1) is 23.0. The highest BCUT2D eigenvalue weighted by atomic mass is 31.2. The van der Waals surface area contributed by atoms with E-state index in [0.29, 0.717) is 0 Å². The molecule has 2 aliphatic rings. The minimum absolute atomic E-state index is 0.106. The number of hydrogen-bond acceptors (Lipinski definition) is 8. The summed E-state index contributed by atoms with van der Waals surface area (Å²) in [5.41, 5.74) is -1.47. The van der Waals surface area contributed by atoms with Crippen LogP contribution in [0.4, 0.5) is 6.01 Å². The molecule has 0 unspecified atom stereocenters. The van der Waals surface area contributed by atoms with Crippen LogP contribution in [-0.2, 0) is 13.6 Å². The van der Waals surface area contributed by atoms with Gasteiger partial charge in [0.25, 0.3) is 0 Å². The second kappa shape index (κ2) is 10.6. The molecule has 3 rings (SSSR count). The molecule has 2 fully saturated rings. The van der Waals surface area contributed by atoms with Crippen LogP contribution in [0.3, 0.4) is 0 Å². The Morgan fingerprint density at radius 3 is 1.97 bits per heavy atom. The summed E-state index contributed by atoms with van der Waals surface area (Å²) in [6.45, 7) is 3.57. The topological polar surface area (TPSA) is 106 Å². The van der Waals surface area contributed by atoms with Crippen LogP contribution in [0, 0.1) is 11.3 Å². The maximum Gasteiger partial charge on any atom is 0.381 e. The smallest absolute Gasteiger partial charge is 0.381 e.